The summed E-state index contributed by atoms with van der Waals surface area (Å²) in [5.74, 6) is 0. The zero-order valence-electron chi connectivity index (χ0n) is 2.14. The maximum Gasteiger partial charge on any atom is 0.145 e. The minimum atomic E-state index is -0.361. The van der Waals surface area contributed by atoms with Gasteiger partial charge in [-0.2, -0.15) is 0 Å². The highest BCUT2D eigenvalue weighted by atomic mass is 16.3. The second-order valence-corrected chi connectivity index (χ2v) is 0.349. The molecule has 0 fully saturated rings. The molecule has 1 N–H and O–H groups in total. The largest absolute Gasteiger partial charge is 0.389 e. The molecule has 0 heterocycles. The maximum absolute atomic E-state index is 8.92. The van der Waals surface area contributed by atoms with Gasteiger partial charge in [0.2, 0.25) is 0 Å². The normalized spacial score (nSPS) is 6.25. The Labute approximate surface area is 25.5 Å². The SMILES string of the molecule is O=CCO.[HH]. The third kappa shape index (κ3) is 1.63. The van der Waals surface area contributed by atoms with Crippen LogP contribution in [0.4, 0.5) is 0 Å². The molecule has 0 aliphatic carbocycles. The molecule has 0 amide bonds. The number of carbonyl (C=O) groups excluding carboxylic acids is 1. The second kappa shape index (κ2) is 2.63. The summed E-state index contributed by atoms with van der Waals surface area (Å²) in [6, 6.07) is 0. The monoisotopic (exact) mass is 62.0 g/mol. The van der Waals surface area contributed by atoms with Crippen molar-refractivity contribution in [3.05, 3.63) is 0 Å². The molecule has 0 rings (SSSR count). The number of hydrogen-bond acceptors (Lipinski definition) is 2. The van der Waals surface area contributed by atoms with Crippen molar-refractivity contribution in [1.82, 2.24) is 0 Å². The van der Waals surface area contributed by atoms with Gasteiger partial charge < -0.3 is 9.90 Å². The first-order valence-corrected chi connectivity index (χ1v) is 0.960. The fraction of sp³-hybridized carbons (Fsp3) is 0.500. The van der Waals surface area contributed by atoms with E-state index in [1.165, 1.54) is 0 Å². The van der Waals surface area contributed by atoms with Gasteiger partial charge in [-0.25, -0.2) is 0 Å². The minimum Gasteiger partial charge on any atom is -0.389 e. The summed E-state index contributed by atoms with van der Waals surface area (Å²) in [5.41, 5.74) is 0. The van der Waals surface area contributed by atoms with Crippen molar-refractivity contribution in [3.8, 4) is 0 Å². The van der Waals surface area contributed by atoms with Crippen LogP contribution in [0.1, 0.15) is 1.43 Å². The Hall–Kier alpha value is -0.370. The Morgan fingerprint density at radius 2 is 2.50 bits per heavy atom. The van der Waals surface area contributed by atoms with Crippen molar-refractivity contribution in [2.75, 3.05) is 6.61 Å². The van der Waals surface area contributed by atoms with Gasteiger partial charge in [-0.3, -0.25) is 0 Å². The molecule has 0 radical (unpaired) electrons. The van der Waals surface area contributed by atoms with Crippen LogP contribution in [0.3, 0.4) is 0 Å². The van der Waals surface area contributed by atoms with Crippen LogP contribution in [-0.2, 0) is 4.79 Å². The highest BCUT2D eigenvalue weighted by molar-refractivity contribution is 5.49. The first kappa shape index (κ1) is 3.63. The van der Waals surface area contributed by atoms with Crippen LogP contribution in [0.5, 0.6) is 0 Å². The average molecular weight is 62.1 g/mol. The van der Waals surface area contributed by atoms with Crippen molar-refractivity contribution in [2.24, 2.45) is 0 Å². The van der Waals surface area contributed by atoms with E-state index in [9.17, 15) is 0 Å². The third-order valence-corrected chi connectivity index (χ3v) is 0.0745. The molecule has 0 unspecified atom stereocenters. The third-order valence-electron chi connectivity index (χ3n) is 0.0745. The van der Waals surface area contributed by atoms with Gasteiger partial charge >= 0.3 is 0 Å². The quantitative estimate of drug-likeness (QED) is 0.413. The number of hydrogen-bond donors (Lipinski definition) is 1. The predicted octanol–water partition coefficient (Wildman–Crippen LogP) is -0.576. The number of aldehydes is 1. The van der Waals surface area contributed by atoms with E-state index in [4.69, 9.17) is 9.90 Å². The first-order valence-electron chi connectivity index (χ1n) is 0.960. The van der Waals surface area contributed by atoms with Crippen LogP contribution >= 0.6 is 0 Å². The fourth-order valence-corrected chi connectivity index (χ4v) is 0. The molecule has 0 aromatic carbocycles. The Balaban J connectivity index is 0. The van der Waals surface area contributed by atoms with Gasteiger partial charge in [0.25, 0.3) is 0 Å². The minimum absolute atomic E-state index is 0. The van der Waals surface area contributed by atoms with Gasteiger partial charge in [-0.05, 0) is 0 Å². The van der Waals surface area contributed by atoms with Crippen molar-refractivity contribution in [1.29, 1.82) is 0 Å². The van der Waals surface area contributed by atoms with Crippen molar-refractivity contribution in [3.63, 3.8) is 0 Å². The molecule has 0 atom stereocenters. The lowest BCUT2D eigenvalue weighted by Crippen LogP contribution is -1.75. The summed E-state index contributed by atoms with van der Waals surface area (Å²) in [6.45, 7) is -0.361. The molecule has 2 heteroatoms. The average Bonchev–Trinajstić information content (AvgIpc) is 1.37. The van der Waals surface area contributed by atoms with E-state index >= 15 is 0 Å². The molecule has 0 aliphatic heterocycles. The van der Waals surface area contributed by atoms with E-state index in [0.717, 1.165) is 0 Å². The van der Waals surface area contributed by atoms with E-state index in [1.54, 1.807) is 0 Å². The number of aliphatic hydroxyl groups is 1. The molecule has 0 aromatic rings. The van der Waals surface area contributed by atoms with Gasteiger partial charge in [0.15, 0.2) is 0 Å². The summed E-state index contributed by atoms with van der Waals surface area (Å²) in [6.07, 6.45) is 0.431. The Morgan fingerprint density at radius 3 is 2.50 bits per heavy atom. The highest BCUT2D eigenvalue weighted by Gasteiger charge is 1.53. The van der Waals surface area contributed by atoms with E-state index < -0.39 is 0 Å². The van der Waals surface area contributed by atoms with Crippen molar-refractivity contribution >= 4 is 6.29 Å². The molecule has 2 nitrogen and oxygen atoms in total. The van der Waals surface area contributed by atoms with Crippen LogP contribution in [0, 0.1) is 0 Å². The summed E-state index contributed by atoms with van der Waals surface area (Å²) in [5, 5.41) is 7.51. The summed E-state index contributed by atoms with van der Waals surface area (Å²) in [7, 11) is 0. The summed E-state index contributed by atoms with van der Waals surface area (Å²) in [4.78, 5) is 8.92. The smallest absolute Gasteiger partial charge is 0.145 e. The van der Waals surface area contributed by atoms with Crippen molar-refractivity contribution < 1.29 is 11.3 Å². The molecular formula is C2H6O2. The fourth-order valence-electron chi connectivity index (χ4n) is 0. The lowest BCUT2D eigenvalue weighted by atomic mass is 10.9. The molecule has 0 saturated carbocycles. The Bertz CT molecular complexity index is 21.6. The van der Waals surface area contributed by atoms with Crippen LogP contribution in [-0.4, -0.2) is 18.0 Å². The van der Waals surface area contributed by atoms with E-state index in [2.05, 4.69) is 0 Å². The number of carbonyl (C=O) groups is 1. The molecule has 0 aromatic heterocycles. The zero-order chi connectivity index (χ0) is 3.41. The lowest BCUT2D eigenvalue weighted by molar-refractivity contribution is -0.110. The number of rotatable bonds is 1. The standard InChI is InChI=1S/C2H4O2.H2/c3-1-2-4;/h1,4H,2H2;1H. The molecule has 0 spiro atoms. The zero-order valence-corrected chi connectivity index (χ0v) is 2.14. The maximum atomic E-state index is 8.92. The molecule has 0 saturated heterocycles. The van der Waals surface area contributed by atoms with Gasteiger partial charge in [0.05, 0.1) is 6.61 Å². The molecule has 4 heavy (non-hydrogen) atoms. The van der Waals surface area contributed by atoms with Gasteiger partial charge in [0.1, 0.15) is 6.29 Å². The van der Waals surface area contributed by atoms with Crippen LogP contribution in [0.2, 0.25) is 0 Å². The van der Waals surface area contributed by atoms with Gasteiger partial charge in [-0.15, -0.1) is 0 Å². The van der Waals surface area contributed by atoms with Crippen LogP contribution in [0.25, 0.3) is 0 Å². The number of aliphatic hydroxyl groups excluding tert-OH is 1. The van der Waals surface area contributed by atoms with Crippen LogP contribution in [0.15, 0.2) is 0 Å². The molecule has 26 valence electrons. The van der Waals surface area contributed by atoms with Crippen LogP contribution < -0.4 is 0 Å². The Morgan fingerprint density at radius 1 is 2.25 bits per heavy atom. The molecule has 0 bridgehead atoms. The first-order chi connectivity index (χ1) is 1.91. The molecular weight excluding hydrogens is 56.0 g/mol. The highest BCUT2D eigenvalue weighted by Crippen LogP contribution is 1.27. The topological polar surface area (TPSA) is 37.3 Å². The second-order valence-electron chi connectivity index (χ2n) is 0.349. The summed E-state index contributed by atoms with van der Waals surface area (Å²) < 4.78 is 0. The Kier molecular flexibility index (Phi) is 2.39. The van der Waals surface area contributed by atoms with Crippen molar-refractivity contribution in [2.45, 2.75) is 0 Å². The van der Waals surface area contributed by atoms with E-state index in [0.29, 0.717) is 6.29 Å². The van der Waals surface area contributed by atoms with E-state index in [1.807, 2.05) is 0 Å². The lowest BCUT2D eigenvalue weighted by Gasteiger charge is -1.54. The predicted molar refractivity (Wildman–Crippen MR) is 15.3 cm³/mol. The summed E-state index contributed by atoms with van der Waals surface area (Å²) >= 11 is 0. The molecule has 0 aliphatic rings. The van der Waals surface area contributed by atoms with Gasteiger partial charge in [0, 0.05) is 1.43 Å². The van der Waals surface area contributed by atoms with E-state index in [-0.39, 0.29) is 8.03 Å². The van der Waals surface area contributed by atoms with Gasteiger partial charge in [-0.1, -0.05) is 0 Å².